The van der Waals surface area contributed by atoms with Crippen molar-refractivity contribution in [2.24, 2.45) is 5.73 Å². The standard InChI is InChI=1S/C16H19FN2O/c1-3-6-20-13-8-12(9-19-10-13)16(18)14-7-11(2)4-5-15(14)17/h4-5,7-10,16H,3,6,18H2,1-2H3. The summed E-state index contributed by atoms with van der Waals surface area (Å²) in [7, 11) is 0. The van der Waals surface area contributed by atoms with E-state index in [1.165, 1.54) is 6.07 Å². The number of hydrogen-bond acceptors (Lipinski definition) is 3. The van der Waals surface area contributed by atoms with Crippen LogP contribution in [0.3, 0.4) is 0 Å². The van der Waals surface area contributed by atoms with E-state index in [0.717, 1.165) is 17.5 Å². The van der Waals surface area contributed by atoms with Crippen molar-refractivity contribution in [3.63, 3.8) is 0 Å². The summed E-state index contributed by atoms with van der Waals surface area (Å²) < 4.78 is 19.4. The van der Waals surface area contributed by atoms with Crippen LogP contribution in [0.5, 0.6) is 5.75 Å². The molecule has 1 unspecified atom stereocenters. The number of halogens is 1. The number of aryl methyl sites for hydroxylation is 1. The zero-order valence-electron chi connectivity index (χ0n) is 11.8. The molecular formula is C16H19FN2O. The van der Waals surface area contributed by atoms with Crippen molar-refractivity contribution in [3.05, 3.63) is 59.2 Å². The number of hydrogen-bond donors (Lipinski definition) is 1. The molecule has 0 saturated carbocycles. The molecule has 106 valence electrons. The van der Waals surface area contributed by atoms with Gasteiger partial charge in [0, 0.05) is 11.8 Å². The second kappa shape index (κ2) is 6.48. The molecule has 4 heteroatoms. The van der Waals surface area contributed by atoms with E-state index in [4.69, 9.17) is 10.5 Å². The molecule has 0 aliphatic heterocycles. The second-order valence-corrected chi connectivity index (χ2v) is 4.81. The number of benzene rings is 1. The van der Waals surface area contributed by atoms with Gasteiger partial charge in [0.25, 0.3) is 0 Å². The zero-order chi connectivity index (χ0) is 14.5. The summed E-state index contributed by atoms with van der Waals surface area (Å²) in [6.45, 7) is 4.57. The zero-order valence-corrected chi connectivity index (χ0v) is 11.8. The van der Waals surface area contributed by atoms with Gasteiger partial charge in [0.15, 0.2) is 0 Å². The lowest BCUT2D eigenvalue weighted by molar-refractivity contribution is 0.315. The summed E-state index contributed by atoms with van der Waals surface area (Å²) in [6, 6.07) is 6.20. The van der Waals surface area contributed by atoms with Crippen LogP contribution in [-0.4, -0.2) is 11.6 Å². The fourth-order valence-electron chi connectivity index (χ4n) is 1.99. The van der Waals surface area contributed by atoms with E-state index in [-0.39, 0.29) is 5.82 Å². The Morgan fingerprint density at radius 2 is 2.10 bits per heavy atom. The molecule has 2 aromatic rings. The molecule has 0 bridgehead atoms. The van der Waals surface area contributed by atoms with Gasteiger partial charge in [-0.05, 0) is 31.0 Å². The Balaban J connectivity index is 2.28. The molecule has 0 spiro atoms. The van der Waals surface area contributed by atoms with Gasteiger partial charge in [-0.15, -0.1) is 0 Å². The quantitative estimate of drug-likeness (QED) is 0.909. The van der Waals surface area contributed by atoms with E-state index in [1.54, 1.807) is 24.5 Å². The third-order valence-corrected chi connectivity index (χ3v) is 3.05. The number of nitrogens with two attached hydrogens (primary N) is 1. The number of nitrogens with zero attached hydrogens (tertiary/aromatic N) is 1. The third kappa shape index (κ3) is 3.33. The van der Waals surface area contributed by atoms with Gasteiger partial charge in [0.1, 0.15) is 11.6 Å². The van der Waals surface area contributed by atoms with Crippen molar-refractivity contribution >= 4 is 0 Å². The maximum absolute atomic E-state index is 13.9. The molecule has 2 rings (SSSR count). The van der Waals surface area contributed by atoms with Gasteiger partial charge in [-0.1, -0.05) is 24.6 Å². The fourth-order valence-corrected chi connectivity index (χ4v) is 1.99. The Labute approximate surface area is 118 Å². The molecule has 0 radical (unpaired) electrons. The maximum Gasteiger partial charge on any atom is 0.137 e. The van der Waals surface area contributed by atoms with Crippen LogP contribution < -0.4 is 10.5 Å². The Hall–Kier alpha value is -1.94. The average Bonchev–Trinajstić information content (AvgIpc) is 2.47. The maximum atomic E-state index is 13.9. The van der Waals surface area contributed by atoms with Crippen molar-refractivity contribution in [3.8, 4) is 5.75 Å². The molecule has 1 atom stereocenters. The summed E-state index contributed by atoms with van der Waals surface area (Å²) in [5, 5.41) is 0. The molecule has 0 amide bonds. The van der Waals surface area contributed by atoms with Gasteiger partial charge >= 0.3 is 0 Å². The van der Waals surface area contributed by atoms with E-state index >= 15 is 0 Å². The molecule has 1 aromatic heterocycles. The Bertz CT molecular complexity index is 586. The van der Waals surface area contributed by atoms with Crippen molar-refractivity contribution < 1.29 is 9.13 Å². The highest BCUT2D eigenvalue weighted by atomic mass is 19.1. The van der Waals surface area contributed by atoms with Crippen molar-refractivity contribution in [2.45, 2.75) is 26.3 Å². The van der Waals surface area contributed by atoms with E-state index in [0.29, 0.717) is 17.9 Å². The third-order valence-electron chi connectivity index (χ3n) is 3.05. The van der Waals surface area contributed by atoms with Crippen molar-refractivity contribution in [1.82, 2.24) is 4.98 Å². The minimum atomic E-state index is -0.549. The minimum Gasteiger partial charge on any atom is -0.492 e. The molecule has 1 heterocycles. The van der Waals surface area contributed by atoms with E-state index in [9.17, 15) is 4.39 Å². The van der Waals surface area contributed by atoms with E-state index in [2.05, 4.69) is 4.98 Å². The molecule has 1 aromatic carbocycles. The Morgan fingerprint density at radius 3 is 2.85 bits per heavy atom. The van der Waals surface area contributed by atoms with Crippen LogP contribution in [0.15, 0.2) is 36.7 Å². The van der Waals surface area contributed by atoms with Gasteiger partial charge < -0.3 is 10.5 Å². The first-order valence-electron chi connectivity index (χ1n) is 6.71. The lowest BCUT2D eigenvalue weighted by Crippen LogP contribution is -2.14. The van der Waals surface area contributed by atoms with Crippen LogP contribution in [0, 0.1) is 12.7 Å². The number of rotatable bonds is 5. The summed E-state index contributed by atoms with van der Waals surface area (Å²) >= 11 is 0. The SMILES string of the molecule is CCCOc1cncc(C(N)c2cc(C)ccc2F)c1. The van der Waals surface area contributed by atoms with Gasteiger partial charge in [0.05, 0.1) is 18.8 Å². The van der Waals surface area contributed by atoms with Gasteiger partial charge in [-0.25, -0.2) is 4.39 Å². The number of aromatic nitrogens is 1. The topological polar surface area (TPSA) is 48.1 Å². The largest absolute Gasteiger partial charge is 0.492 e. The Kier molecular flexibility index (Phi) is 4.69. The smallest absolute Gasteiger partial charge is 0.137 e. The first-order chi connectivity index (χ1) is 9.61. The van der Waals surface area contributed by atoms with E-state index < -0.39 is 6.04 Å². The van der Waals surface area contributed by atoms with Crippen LogP contribution in [-0.2, 0) is 0 Å². The molecule has 20 heavy (non-hydrogen) atoms. The lowest BCUT2D eigenvalue weighted by atomic mass is 9.99. The highest BCUT2D eigenvalue weighted by molar-refractivity contribution is 5.36. The summed E-state index contributed by atoms with van der Waals surface area (Å²) in [4.78, 5) is 4.11. The van der Waals surface area contributed by atoms with Crippen LogP contribution >= 0.6 is 0 Å². The average molecular weight is 274 g/mol. The summed E-state index contributed by atoms with van der Waals surface area (Å²) in [6.07, 6.45) is 4.20. The van der Waals surface area contributed by atoms with Gasteiger partial charge in [-0.2, -0.15) is 0 Å². The van der Waals surface area contributed by atoms with Crippen molar-refractivity contribution in [2.75, 3.05) is 6.61 Å². The molecule has 0 fully saturated rings. The summed E-state index contributed by atoms with van der Waals surface area (Å²) in [5.74, 6) is 0.357. The summed E-state index contributed by atoms with van der Waals surface area (Å²) in [5.41, 5.74) is 8.33. The van der Waals surface area contributed by atoms with Crippen LogP contribution in [0.4, 0.5) is 4.39 Å². The molecular weight excluding hydrogens is 255 g/mol. The van der Waals surface area contributed by atoms with Gasteiger partial charge in [0.2, 0.25) is 0 Å². The number of pyridine rings is 1. The monoisotopic (exact) mass is 274 g/mol. The molecule has 3 nitrogen and oxygen atoms in total. The lowest BCUT2D eigenvalue weighted by Gasteiger charge is -2.15. The minimum absolute atomic E-state index is 0.303. The first-order valence-corrected chi connectivity index (χ1v) is 6.71. The predicted octanol–water partition coefficient (Wildman–Crippen LogP) is 3.37. The molecule has 2 N–H and O–H groups in total. The molecule has 0 saturated heterocycles. The Morgan fingerprint density at radius 1 is 1.30 bits per heavy atom. The van der Waals surface area contributed by atoms with Crippen LogP contribution in [0.2, 0.25) is 0 Å². The first kappa shape index (κ1) is 14.5. The highest BCUT2D eigenvalue weighted by Gasteiger charge is 2.15. The molecule has 0 aliphatic carbocycles. The normalized spacial score (nSPS) is 12.2. The van der Waals surface area contributed by atoms with Crippen molar-refractivity contribution in [1.29, 1.82) is 0 Å². The highest BCUT2D eigenvalue weighted by Crippen LogP contribution is 2.25. The molecule has 0 aliphatic rings. The van der Waals surface area contributed by atoms with Crippen LogP contribution in [0.1, 0.15) is 36.1 Å². The predicted molar refractivity (Wildman–Crippen MR) is 77.2 cm³/mol. The number of ether oxygens (including phenoxy) is 1. The second-order valence-electron chi connectivity index (χ2n) is 4.81. The van der Waals surface area contributed by atoms with E-state index in [1.807, 2.05) is 19.9 Å². The van der Waals surface area contributed by atoms with Crippen LogP contribution in [0.25, 0.3) is 0 Å². The fraction of sp³-hybridized carbons (Fsp3) is 0.312. The van der Waals surface area contributed by atoms with Gasteiger partial charge in [-0.3, -0.25) is 4.98 Å².